The Bertz CT molecular complexity index is 302. The van der Waals surface area contributed by atoms with Crippen LogP contribution in [0.3, 0.4) is 0 Å². The van der Waals surface area contributed by atoms with Crippen molar-refractivity contribution in [3.8, 4) is 0 Å². The fourth-order valence-corrected chi connectivity index (χ4v) is 1.44. The monoisotopic (exact) mass is 191 g/mol. The lowest BCUT2D eigenvalue weighted by Gasteiger charge is -2.27. The fraction of sp³-hybridized carbons (Fsp3) is 0.300. The molecule has 0 aromatic heterocycles. The molecule has 1 aliphatic rings. The van der Waals surface area contributed by atoms with Gasteiger partial charge in [-0.3, -0.25) is 4.90 Å². The number of benzene rings is 1. The number of nitrogens with zero attached hydrogens (tertiary/aromatic N) is 1. The van der Waals surface area contributed by atoms with Crippen LogP contribution in [0.5, 0.6) is 0 Å². The lowest BCUT2D eigenvalue weighted by atomic mass is 10.2. The SMILES string of the molecule is O=C1NCN(Cc2ccccc2)CN1. The Kier molecular flexibility index (Phi) is 2.65. The molecule has 0 unspecified atom stereocenters. The van der Waals surface area contributed by atoms with E-state index in [0.29, 0.717) is 13.3 Å². The van der Waals surface area contributed by atoms with Crippen LogP contribution in [-0.2, 0) is 6.54 Å². The van der Waals surface area contributed by atoms with E-state index in [9.17, 15) is 4.79 Å². The summed E-state index contributed by atoms with van der Waals surface area (Å²) in [5.74, 6) is 0. The van der Waals surface area contributed by atoms with Gasteiger partial charge in [0.2, 0.25) is 0 Å². The van der Waals surface area contributed by atoms with Crippen molar-refractivity contribution < 1.29 is 4.79 Å². The molecule has 2 N–H and O–H groups in total. The van der Waals surface area contributed by atoms with E-state index in [1.54, 1.807) is 0 Å². The Balaban J connectivity index is 1.89. The molecule has 0 radical (unpaired) electrons. The molecule has 0 bridgehead atoms. The Morgan fingerprint density at radius 1 is 1.14 bits per heavy atom. The van der Waals surface area contributed by atoms with Crippen LogP contribution in [0.1, 0.15) is 5.56 Å². The third-order valence-electron chi connectivity index (χ3n) is 2.18. The van der Waals surface area contributed by atoms with Crippen LogP contribution in [-0.4, -0.2) is 24.3 Å². The molecular formula is C10H13N3O. The van der Waals surface area contributed by atoms with E-state index in [2.05, 4.69) is 27.7 Å². The number of hydrogen-bond donors (Lipinski definition) is 2. The summed E-state index contributed by atoms with van der Waals surface area (Å²) in [7, 11) is 0. The largest absolute Gasteiger partial charge is 0.325 e. The highest BCUT2D eigenvalue weighted by Gasteiger charge is 2.13. The summed E-state index contributed by atoms with van der Waals surface area (Å²) >= 11 is 0. The summed E-state index contributed by atoms with van der Waals surface area (Å²) in [5, 5.41) is 5.46. The number of amides is 2. The molecule has 74 valence electrons. The smallest absolute Gasteiger partial charge is 0.316 e. The van der Waals surface area contributed by atoms with Crippen molar-refractivity contribution in [3.05, 3.63) is 35.9 Å². The Morgan fingerprint density at radius 3 is 2.43 bits per heavy atom. The second-order valence-corrected chi connectivity index (χ2v) is 3.31. The lowest BCUT2D eigenvalue weighted by molar-refractivity contribution is 0.178. The minimum Gasteiger partial charge on any atom is -0.325 e. The first-order valence-corrected chi connectivity index (χ1v) is 4.62. The Hall–Kier alpha value is -1.55. The van der Waals surface area contributed by atoms with Gasteiger partial charge in [0.25, 0.3) is 0 Å². The van der Waals surface area contributed by atoms with E-state index < -0.39 is 0 Å². The molecular weight excluding hydrogens is 178 g/mol. The average molecular weight is 191 g/mol. The van der Waals surface area contributed by atoms with Crippen LogP contribution in [0.4, 0.5) is 4.79 Å². The minimum atomic E-state index is -0.0886. The van der Waals surface area contributed by atoms with E-state index in [1.807, 2.05) is 18.2 Å². The van der Waals surface area contributed by atoms with Crippen LogP contribution < -0.4 is 10.6 Å². The second kappa shape index (κ2) is 4.11. The van der Waals surface area contributed by atoms with Gasteiger partial charge in [-0.15, -0.1) is 0 Å². The summed E-state index contributed by atoms with van der Waals surface area (Å²) < 4.78 is 0. The number of carbonyl (C=O) groups excluding carboxylic acids is 1. The molecule has 1 heterocycles. The molecule has 0 saturated carbocycles. The minimum absolute atomic E-state index is 0.0886. The fourth-order valence-electron chi connectivity index (χ4n) is 1.44. The maximum Gasteiger partial charge on any atom is 0.316 e. The zero-order chi connectivity index (χ0) is 9.80. The van der Waals surface area contributed by atoms with Crippen molar-refractivity contribution in [1.82, 2.24) is 15.5 Å². The maximum atomic E-state index is 10.8. The van der Waals surface area contributed by atoms with Crippen molar-refractivity contribution in [2.45, 2.75) is 6.54 Å². The highest BCUT2D eigenvalue weighted by molar-refractivity contribution is 5.74. The molecule has 0 spiro atoms. The molecule has 4 heteroatoms. The van der Waals surface area contributed by atoms with Crippen LogP contribution in [0.2, 0.25) is 0 Å². The highest BCUT2D eigenvalue weighted by Crippen LogP contribution is 2.03. The summed E-state index contributed by atoms with van der Waals surface area (Å²) in [6.07, 6.45) is 0. The quantitative estimate of drug-likeness (QED) is 0.723. The van der Waals surface area contributed by atoms with Gasteiger partial charge in [0.15, 0.2) is 0 Å². The van der Waals surface area contributed by atoms with Gasteiger partial charge in [-0.05, 0) is 5.56 Å². The standard InChI is InChI=1S/C10H13N3O/c14-10-11-7-13(8-12-10)6-9-4-2-1-3-5-9/h1-5H,6-8H2,(H2,11,12,14). The normalized spacial score (nSPS) is 17.3. The number of carbonyl (C=O) groups is 1. The maximum absolute atomic E-state index is 10.8. The van der Waals surface area contributed by atoms with E-state index >= 15 is 0 Å². The molecule has 0 atom stereocenters. The zero-order valence-electron chi connectivity index (χ0n) is 7.86. The van der Waals surface area contributed by atoms with Gasteiger partial charge < -0.3 is 10.6 Å². The van der Waals surface area contributed by atoms with Crippen molar-refractivity contribution in [3.63, 3.8) is 0 Å². The highest BCUT2D eigenvalue weighted by atomic mass is 16.2. The molecule has 2 amide bonds. The van der Waals surface area contributed by atoms with Gasteiger partial charge in [-0.1, -0.05) is 30.3 Å². The molecule has 0 aliphatic carbocycles. The van der Waals surface area contributed by atoms with E-state index in [4.69, 9.17) is 0 Å². The van der Waals surface area contributed by atoms with E-state index in [0.717, 1.165) is 6.54 Å². The third-order valence-corrected chi connectivity index (χ3v) is 2.18. The van der Waals surface area contributed by atoms with Gasteiger partial charge in [0.1, 0.15) is 0 Å². The Morgan fingerprint density at radius 2 is 1.79 bits per heavy atom. The summed E-state index contributed by atoms with van der Waals surface area (Å²) in [6, 6.07) is 10.1. The molecule has 1 aromatic rings. The summed E-state index contributed by atoms with van der Waals surface area (Å²) in [5.41, 5.74) is 1.26. The third kappa shape index (κ3) is 2.23. The van der Waals surface area contributed by atoms with Crippen molar-refractivity contribution in [2.75, 3.05) is 13.3 Å². The second-order valence-electron chi connectivity index (χ2n) is 3.31. The first kappa shape index (κ1) is 9.02. The first-order chi connectivity index (χ1) is 6.84. The van der Waals surface area contributed by atoms with Gasteiger partial charge in [-0.2, -0.15) is 0 Å². The van der Waals surface area contributed by atoms with Crippen LogP contribution in [0.15, 0.2) is 30.3 Å². The Labute approximate surface area is 82.9 Å². The average Bonchev–Trinajstić information content (AvgIpc) is 2.23. The van der Waals surface area contributed by atoms with Crippen molar-refractivity contribution in [1.29, 1.82) is 0 Å². The predicted octanol–water partition coefficient (Wildman–Crippen LogP) is 0.716. The number of rotatable bonds is 2. The topological polar surface area (TPSA) is 44.4 Å². The number of nitrogens with one attached hydrogen (secondary N) is 2. The zero-order valence-corrected chi connectivity index (χ0v) is 7.86. The molecule has 1 saturated heterocycles. The molecule has 14 heavy (non-hydrogen) atoms. The van der Waals surface area contributed by atoms with E-state index in [1.165, 1.54) is 5.56 Å². The molecule has 1 fully saturated rings. The van der Waals surface area contributed by atoms with Crippen molar-refractivity contribution in [2.24, 2.45) is 0 Å². The van der Waals surface area contributed by atoms with Gasteiger partial charge >= 0.3 is 6.03 Å². The summed E-state index contributed by atoms with van der Waals surface area (Å²) in [4.78, 5) is 12.9. The molecule has 1 aromatic carbocycles. The number of urea groups is 1. The van der Waals surface area contributed by atoms with Gasteiger partial charge in [0.05, 0.1) is 13.3 Å². The van der Waals surface area contributed by atoms with E-state index in [-0.39, 0.29) is 6.03 Å². The van der Waals surface area contributed by atoms with Crippen molar-refractivity contribution >= 4 is 6.03 Å². The molecule has 4 nitrogen and oxygen atoms in total. The lowest BCUT2D eigenvalue weighted by Crippen LogP contribution is -2.53. The predicted molar refractivity (Wildman–Crippen MR) is 53.4 cm³/mol. The van der Waals surface area contributed by atoms with Gasteiger partial charge in [-0.25, -0.2) is 4.79 Å². The van der Waals surface area contributed by atoms with Gasteiger partial charge in [0, 0.05) is 6.54 Å². The first-order valence-electron chi connectivity index (χ1n) is 4.62. The summed E-state index contributed by atoms with van der Waals surface area (Å²) in [6.45, 7) is 2.08. The number of hydrogen-bond acceptors (Lipinski definition) is 2. The van der Waals surface area contributed by atoms with Crippen LogP contribution in [0.25, 0.3) is 0 Å². The molecule has 2 rings (SSSR count). The molecule has 1 aliphatic heterocycles. The van der Waals surface area contributed by atoms with Crippen LogP contribution >= 0.6 is 0 Å². The van der Waals surface area contributed by atoms with Crippen LogP contribution in [0, 0.1) is 0 Å².